The van der Waals surface area contributed by atoms with Crippen molar-refractivity contribution in [3.63, 3.8) is 0 Å². The van der Waals surface area contributed by atoms with E-state index in [2.05, 4.69) is 0 Å². The lowest BCUT2D eigenvalue weighted by atomic mass is 10.1. The summed E-state index contributed by atoms with van der Waals surface area (Å²) in [6, 6.07) is 6.74. The number of rotatable bonds is 2. The molecule has 0 fully saturated rings. The first kappa shape index (κ1) is 7.79. The lowest BCUT2D eigenvalue weighted by Gasteiger charge is -1.96. The lowest BCUT2D eigenvalue weighted by molar-refractivity contribution is -0.116. The van der Waals surface area contributed by atoms with Crippen molar-refractivity contribution in [3.8, 4) is 5.75 Å². The Labute approximate surface area is 65.5 Å². The van der Waals surface area contributed by atoms with Gasteiger partial charge in [-0.05, 0) is 24.6 Å². The van der Waals surface area contributed by atoms with Gasteiger partial charge in [-0.3, -0.25) is 4.79 Å². The maximum absolute atomic E-state index is 10.6. The minimum Gasteiger partial charge on any atom is -0.508 e. The van der Waals surface area contributed by atoms with Gasteiger partial charge in [0.1, 0.15) is 11.5 Å². The van der Waals surface area contributed by atoms with E-state index in [1.165, 1.54) is 6.92 Å². The topological polar surface area (TPSA) is 37.3 Å². The molecular formula is C9H10O2. The van der Waals surface area contributed by atoms with E-state index in [9.17, 15) is 4.79 Å². The molecule has 0 aliphatic rings. The summed E-state index contributed by atoms with van der Waals surface area (Å²) >= 11 is 0. The van der Waals surface area contributed by atoms with E-state index in [1.807, 2.05) is 6.07 Å². The van der Waals surface area contributed by atoms with Crippen LogP contribution in [0.5, 0.6) is 5.75 Å². The number of ketones is 1. The highest BCUT2D eigenvalue weighted by Gasteiger charge is 1.96. The van der Waals surface area contributed by atoms with E-state index in [0.717, 1.165) is 5.56 Å². The molecule has 1 aromatic carbocycles. The van der Waals surface area contributed by atoms with Gasteiger partial charge in [0.05, 0.1) is 0 Å². The molecule has 58 valence electrons. The van der Waals surface area contributed by atoms with Gasteiger partial charge in [-0.2, -0.15) is 0 Å². The number of phenols is 1. The summed E-state index contributed by atoms with van der Waals surface area (Å²) in [5, 5.41) is 9.01. The average Bonchev–Trinajstić information content (AvgIpc) is 1.85. The molecule has 1 N–H and O–H groups in total. The van der Waals surface area contributed by atoms with Crippen LogP contribution in [-0.4, -0.2) is 10.9 Å². The molecule has 0 spiro atoms. The van der Waals surface area contributed by atoms with Gasteiger partial charge < -0.3 is 5.11 Å². The van der Waals surface area contributed by atoms with E-state index in [1.54, 1.807) is 18.2 Å². The van der Waals surface area contributed by atoms with Crippen molar-refractivity contribution in [1.29, 1.82) is 0 Å². The molecule has 0 amide bonds. The van der Waals surface area contributed by atoms with Crippen LogP contribution in [0.4, 0.5) is 0 Å². The maximum Gasteiger partial charge on any atom is 0.134 e. The lowest BCUT2D eigenvalue weighted by Crippen LogP contribution is -1.95. The summed E-state index contributed by atoms with van der Waals surface area (Å²) in [4.78, 5) is 10.6. The van der Waals surface area contributed by atoms with Crippen molar-refractivity contribution < 1.29 is 9.90 Å². The molecule has 0 aromatic heterocycles. The largest absolute Gasteiger partial charge is 0.508 e. The minimum absolute atomic E-state index is 0.107. The summed E-state index contributed by atoms with van der Waals surface area (Å²) in [7, 11) is 0. The van der Waals surface area contributed by atoms with Gasteiger partial charge in [0.15, 0.2) is 0 Å². The van der Waals surface area contributed by atoms with Gasteiger partial charge in [0, 0.05) is 6.42 Å². The van der Waals surface area contributed by atoms with Crippen molar-refractivity contribution in [2.45, 2.75) is 13.3 Å². The molecule has 1 rings (SSSR count). The van der Waals surface area contributed by atoms with Gasteiger partial charge >= 0.3 is 0 Å². The smallest absolute Gasteiger partial charge is 0.134 e. The number of carbonyl (C=O) groups excluding carboxylic acids is 1. The number of aromatic hydroxyl groups is 1. The van der Waals surface area contributed by atoms with Gasteiger partial charge in [-0.25, -0.2) is 0 Å². The molecule has 0 aliphatic heterocycles. The van der Waals surface area contributed by atoms with Crippen molar-refractivity contribution in [1.82, 2.24) is 0 Å². The number of hydrogen-bond donors (Lipinski definition) is 1. The van der Waals surface area contributed by atoms with Crippen LogP contribution in [0.2, 0.25) is 0 Å². The van der Waals surface area contributed by atoms with Crippen LogP contribution in [-0.2, 0) is 11.2 Å². The Morgan fingerprint density at radius 3 is 2.82 bits per heavy atom. The molecule has 11 heavy (non-hydrogen) atoms. The third-order valence-corrected chi connectivity index (χ3v) is 1.36. The van der Waals surface area contributed by atoms with Crippen LogP contribution >= 0.6 is 0 Å². The molecule has 2 nitrogen and oxygen atoms in total. The van der Waals surface area contributed by atoms with E-state index in [4.69, 9.17) is 5.11 Å². The fraction of sp³-hybridized carbons (Fsp3) is 0.222. The Morgan fingerprint density at radius 2 is 2.27 bits per heavy atom. The maximum atomic E-state index is 10.6. The monoisotopic (exact) mass is 150 g/mol. The van der Waals surface area contributed by atoms with Crippen LogP contribution < -0.4 is 0 Å². The first-order valence-corrected chi connectivity index (χ1v) is 3.46. The van der Waals surface area contributed by atoms with Crippen LogP contribution in [0, 0.1) is 0 Å². The second-order valence-electron chi connectivity index (χ2n) is 2.55. The summed E-state index contributed by atoms with van der Waals surface area (Å²) in [6.07, 6.45) is 0.397. The summed E-state index contributed by atoms with van der Waals surface area (Å²) in [6.45, 7) is 1.53. The standard InChI is InChI=1S/C9H10O2/c1-7(10)5-8-3-2-4-9(11)6-8/h2-4,6,11H,5H2,1H3. The van der Waals surface area contributed by atoms with E-state index in [-0.39, 0.29) is 11.5 Å². The zero-order chi connectivity index (χ0) is 8.27. The molecule has 0 radical (unpaired) electrons. The molecular weight excluding hydrogens is 140 g/mol. The predicted molar refractivity (Wildman–Crippen MR) is 42.5 cm³/mol. The van der Waals surface area contributed by atoms with Gasteiger partial charge in [-0.15, -0.1) is 0 Å². The zero-order valence-corrected chi connectivity index (χ0v) is 6.37. The molecule has 0 aliphatic carbocycles. The normalized spacial score (nSPS) is 9.55. The Hall–Kier alpha value is -1.31. The summed E-state index contributed by atoms with van der Waals surface area (Å²) in [5.41, 5.74) is 0.859. The number of hydrogen-bond acceptors (Lipinski definition) is 2. The second kappa shape index (κ2) is 3.19. The molecule has 0 saturated heterocycles. The van der Waals surface area contributed by atoms with Crippen LogP contribution in [0.25, 0.3) is 0 Å². The number of phenolic OH excluding ortho intramolecular Hbond substituents is 1. The number of carbonyl (C=O) groups is 1. The zero-order valence-electron chi connectivity index (χ0n) is 6.37. The van der Waals surface area contributed by atoms with E-state index in [0.29, 0.717) is 6.42 Å². The second-order valence-corrected chi connectivity index (χ2v) is 2.55. The van der Waals surface area contributed by atoms with Crippen molar-refractivity contribution >= 4 is 5.78 Å². The summed E-state index contributed by atoms with van der Waals surface area (Å²) in [5.74, 6) is 0.319. The summed E-state index contributed by atoms with van der Waals surface area (Å²) < 4.78 is 0. The Balaban J connectivity index is 2.79. The van der Waals surface area contributed by atoms with Crippen LogP contribution in [0.1, 0.15) is 12.5 Å². The van der Waals surface area contributed by atoms with E-state index < -0.39 is 0 Å². The Bertz CT molecular complexity index is 266. The molecule has 0 saturated carbocycles. The fourth-order valence-electron chi connectivity index (χ4n) is 0.954. The van der Waals surface area contributed by atoms with E-state index >= 15 is 0 Å². The Morgan fingerprint density at radius 1 is 1.55 bits per heavy atom. The van der Waals surface area contributed by atoms with Gasteiger partial charge in [0.2, 0.25) is 0 Å². The number of benzene rings is 1. The highest BCUT2D eigenvalue weighted by molar-refractivity contribution is 5.78. The average molecular weight is 150 g/mol. The molecule has 0 bridgehead atoms. The first-order valence-electron chi connectivity index (χ1n) is 3.46. The highest BCUT2D eigenvalue weighted by atomic mass is 16.3. The van der Waals surface area contributed by atoms with Crippen LogP contribution in [0.15, 0.2) is 24.3 Å². The molecule has 0 atom stereocenters. The highest BCUT2D eigenvalue weighted by Crippen LogP contribution is 2.11. The quantitative estimate of drug-likeness (QED) is 0.694. The first-order chi connectivity index (χ1) is 5.18. The molecule has 1 aromatic rings. The molecule has 0 heterocycles. The van der Waals surface area contributed by atoms with Crippen molar-refractivity contribution in [2.24, 2.45) is 0 Å². The molecule has 0 unspecified atom stereocenters. The predicted octanol–water partition coefficient (Wildman–Crippen LogP) is 1.52. The SMILES string of the molecule is CC(=O)Cc1cccc(O)c1. The van der Waals surface area contributed by atoms with Gasteiger partial charge in [-0.1, -0.05) is 12.1 Å². The molecule has 2 heteroatoms. The fourth-order valence-corrected chi connectivity index (χ4v) is 0.954. The third kappa shape index (κ3) is 2.42. The van der Waals surface area contributed by atoms with Crippen molar-refractivity contribution in [2.75, 3.05) is 0 Å². The van der Waals surface area contributed by atoms with Gasteiger partial charge in [0.25, 0.3) is 0 Å². The Kier molecular flexibility index (Phi) is 2.26. The van der Waals surface area contributed by atoms with Crippen molar-refractivity contribution in [3.05, 3.63) is 29.8 Å². The van der Waals surface area contributed by atoms with Crippen LogP contribution in [0.3, 0.4) is 0 Å². The minimum atomic E-state index is 0.107. The number of Topliss-reactive ketones (excluding diaryl/α,β-unsaturated/α-hetero) is 1. The third-order valence-electron chi connectivity index (χ3n) is 1.36.